The summed E-state index contributed by atoms with van der Waals surface area (Å²) in [6.07, 6.45) is 3.89. The van der Waals surface area contributed by atoms with E-state index in [0.717, 1.165) is 23.0 Å². The van der Waals surface area contributed by atoms with Crippen molar-refractivity contribution in [3.8, 4) is 5.75 Å². The Kier molecular flexibility index (Phi) is 7.98. The number of aromatic nitrogens is 2. The van der Waals surface area contributed by atoms with Crippen molar-refractivity contribution in [1.29, 1.82) is 0 Å². The minimum atomic E-state index is -0.879. The van der Waals surface area contributed by atoms with E-state index < -0.39 is 5.97 Å². The molecule has 1 saturated heterocycles. The predicted octanol–water partition coefficient (Wildman–Crippen LogP) is 3.76. The Morgan fingerprint density at radius 2 is 1.71 bits per heavy atom. The summed E-state index contributed by atoms with van der Waals surface area (Å²) in [5.74, 6) is 1.36. The Morgan fingerprint density at radius 1 is 0.941 bits per heavy atom. The number of aliphatic carboxylic acids is 1. The van der Waals surface area contributed by atoms with Crippen LogP contribution >= 0.6 is 11.8 Å². The molecule has 4 rings (SSSR count). The normalized spacial score (nSPS) is 13.5. The third kappa shape index (κ3) is 6.71. The average Bonchev–Trinajstić information content (AvgIpc) is 2.86. The molecule has 1 aliphatic heterocycles. The minimum absolute atomic E-state index is 0.0436. The predicted molar refractivity (Wildman–Crippen MR) is 130 cm³/mol. The van der Waals surface area contributed by atoms with Gasteiger partial charge in [0.25, 0.3) is 0 Å². The molecule has 8 nitrogen and oxygen atoms in total. The highest BCUT2D eigenvalue weighted by Gasteiger charge is 2.23. The molecule has 1 aliphatic rings. The molecule has 34 heavy (non-hydrogen) atoms. The topological polar surface area (TPSA) is 95.9 Å². The van der Waals surface area contributed by atoms with E-state index in [4.69, 9.17) is 9.84 Å². The van der Waals surface area contributed by atoms with Crippen LogP contribution in [-0.2, 0) is 17.6 Å². The minimum Gasteiger partial charge on any atom is -0.481 e. The van der Waals surface area contributed by atoms with Crippen LogP contribution in [0.3, 0.4) is 0 Å². The SMILES string of the molecule is O=C(O)Cc1ccc(N2CCN(C(=O)Oc3ccc(CCSc4ccccn4)cc3)CC2)nc1. The molecule has 0 aliphatic carbocycles. The number of carboxylic acids is 1. The molecular formula is C25H26N4O4S. The van der Waals surface area contributed by atoms with E-state index in [1.165, 1.54) is 5.56 Å². The van der Waals surface area contributed by atoms with Gasteiger partial charge in [-0.15, -0.1) is 11.8 Å². The first-order chi connectivity index (χ1) is 16.6. The maximum Gasteiger partial charge on any atom is 0.415 e. The summed E-state index contributed by atoms with van der Waals surface area (Å²) in [5.41, 5.74) is 1.84. The zero-order chi connectivity index (χ0) is 23.8. The van der Waals surface area contributed by atoms with E-state index >= 15 is 0 Å². The molecule has 0 unspecified atom stereocenters. The van der Waals surface area contributed by atoms with Crippen molar-refractivity contribution in [3.63, 3.8) is 0 Å². The number of rotatable bonds is 8. The molecule has 0 bridgehead atoms. The van der Waals surface area contributed by atoms with Gasteiger partial charge in [-0.25, -0.2) is 14.8 Å². The zero-order valence-corrected chi connectivity index (χ0v) is 19.5. The molecule has 3 heterocycles. The number of benzene rings is 1. The Morgan fingerprint density at radius 3 is 2.35 bits per heavy atom. The number of anilines is 1. The van der Waals surface area contributed by atoms with Crippen LogP contribution in [0, 0.1) is 0 Å². The van der Waals surface area contributed by atoms with Crippen LogP contribution in [0.5, 0.6) is 5.75 Å². The van der Waals surface area contributed by atoms with E-state index in [1.807, 2.05) is 48.5 Å². The van der Waals surface area contributed by atoms with Crippen LogP contribution in [0.4, 0.5) is 10.6 Å². The number of carbonyl (C=O) groups is 2. The summed E-state index contributed by atoms with van der Waals surface area (Å²) in [5, 5.41) is 9.88. The van der Waals surface area contributed by atoms with Gasteiger partial charge in [-0.3, -0.25) is 4.79 Å². The van der Waals surface area contributed by atoms with Crippen LogP contribution < -0.4 is 9.64 Å². The quantitative estimate of drug-likeness (QED) is 0.489. The summed E-state index contributed by atoms with van der Waals surface area (Å²) in [6, 6.07) is 17.1. The molecular weight excluding hydrogens is 452 g/mol. The van der Waals surface area contributed by atoms with E-state index in [0.29, 0.717) is 37.5 Å². The van der Waals surface area contributed by atoms with Gasteiger partial charge in [0.2, 0.25) is 0 Å². The average molecular weight is 479 g/mol. The number of nitrogens with zero attached hydrogens (tertiary/aromatic N) is 4. The summed E-state index contributed by atoms with van der Waals surface area (Å²) in [6.45, 7) is 2.32. The number of amides is 1. The smallest absolute Gasteiger partial charge is 0.415 e. The van der Waals surface area contributed by atoms with Gasteiger partial charge in [0.1, 0.15) is 11.6 Å². The first kappa shape index (κ1) is 23.6. The number of ether oxygens (including phenoxy) is 1. The lowest BCUT2D eigenvalue weighted by Crippen LogP contribution is -2.49. The number of pyridine rings is 2. The van der Waals surface area contributed by atoms with E-state index in [9.17, 15) is 9.59 Å². The van der Waals surface area contributed by atoms with Gasteiger partial charge in [0.05, 0.1) is 11.4 Å². The van der Waals surface area contributed by atoms with Gasteiger partial charge in [0.15, 0.2) is 0 Å². The van der Waals surface area contributed by atoms with Crippen LogP contribution in [0.2, 0.25) is 0 Å². The summed E-state index contributed by atoms with van der Waals surface area (Å²) in [7, 11) is 0. The third-order valence-electron chi connectivity index (χ3n) is 5.43. The van der Waals surface area contributed by atoms with Gasteiger partial charge in [-0.2, -0.15) is 0 Å². The Bertz CT molecular complexity index is 1090. The molecule has 2 aromatic heterocycles. The Balaban J connectivity index is 1.21. The lowest BCUT2D eigenvalue weighted by molar-refractivity contribution is -0.136. The molecule has 0 saturated carbocycles. The van der Waals surface area contributed by atoms with Crippen LogP contribution in [0.1, 0.15) is 11.1 Å². The van der Waals surface area contributed by atoms with Gasteiger partial charge in [-0.1, -0.05) is 24.3 Å². The van der Waals surface area contributed by atoms with Crippen molar-refractivity contribution in [1.82, 2.24) is 14.9 Å². The van der Waals surface area contributed by atoms with Crippen molar-refractivity contribution in [2.45, 2.75) is 17.9 Å². The maximum atomic E-state index is 12.6. The number of aryl methyl sites for hydroxylation is 1. The number of hydrogen-bond acceptors (Lipinski definition) is 7. The summed E-state index contributed by atoms with van der Waals surface area (Å²) >= 11 is 1.72. The second-order valence-corrected chi connectivity index (χ2v) is 8.96. The highest BCUT2D eigenvalue weighted by atomic mass is 32.2. The standard InChI is InChI=1S/C25H26N4O4S/c30-24(31)17-20-6-9-22(27-18-20)28-12-14-29(15-13-28)25(32)33-21-7-4-19(5-8-21)10-16-34-23-3-1-2-11-26-23/h1-9,11,18H,10,12-17H2,(H,30,31). The van der Waals surface area contributed by atoms with E-state index in [-0.39, 0.29) is 12.5 Å². The highest BCUT2D eigenvalue weighted by Crippen LogP contribution is 2.19. The van der Waals surface area contributed by atoms with Gasteiger partial charge >= 0.3 is 12.1 Å². The second-order valence-electron chi connectivity index (χ2n) is 7.85. The number of carboxylic acid groups (broad SMARTS) is 1. The Labute approximate surface area is 202 Å². The van der Waals surface area contributed by atoms with Crippen LogP contribution in [0.25, 0.3) is 0 Å². The van der Waals surface area contributed by atoms with Crippen LogP contribution in [-0.4, -0.2) is 64.0 Å². The van der Waals surface area contributed by atoms with Gasteiger partial charge < -0.3 is 19.6 Å². The number of thioether (sulfide) groups is 1. The number of hydrogen-bond donors (Lipinski definition) is 1. The molecule has 0 spiro atoms. The van der Waals surface area contributed by atoms with Crippen molar-refractivity contribution < 1.29 is 19.4 Å². The summed E-state index contributed by atoms with van der Waals surface area (Å²) < 4.78 is 5.56. The van der Waals surface area contributed by atoms with E-state index in [1.54, 1.807) is 35.1 Å². The van der Waals surface area contributed by atoms with Crippen molar-refractivity contribution >= 4 is 29.6 Å². The Hall–Kier alpha value is -3.59. The molecule has 1 amide bonds. The van der Waals surface area contributed by atoms with E-state index in [2.05, 4.69) is 14.9 Å². The molecule has 0 atom stereocenters. The lowest BCUT2D eigenvalue weighted by Gasteiger charge is -2.34. The largest absolute Gasteiger partial charge is 0.481 e. The van der Waals surface area contributed by atoms with Gasteiger partial charge in [-0.05, 0) is 47.9 Å². The third-order valence-corrected chi connectivity index (χ3v) is 6.38. The first-order valence-corrected chi connectivity index (χ1v) is 12.1. The van der Waals surface area contributed by atoms with Crippen LogP contribution in [0.15, 0.2) is 72.0 Å². The highest BCUT2D eigenvalue weighted by molar-refractivity contribution is 7.99. The number of carbonyl (C=O) groups excluding carboxylic acids is 1. The first-order valence-electron chi connectivity index (χ1n) is 11.1. The molecule has 1 aromatic carbocycles. The van der Waals surface area contributed by atoms with Gasteiger partial charge in [0, 0.05) is 44.3 Å². The zero-order valence-electron chi connectivity index (χ0n) is 18.7. The summed E-state index contributed by atoms with van der Waals surface area (Å²) in [4.78, 5) is 35.8. The fourth-order valence-electron chi connectivity index (χ4n) is 3.60. The number of piperazine rings is 1. The lowest BCUT2D eigenvalue weighted by atomic mass is 10.2. The molecule has 9 heteroatoms. The maximum absolute atomic E-state index is 12.6. The molecule has 176 valence electrons. The van der Waals surface area contributed by atoms with Crippen molar-refractivity contribution in [2.24, 2.45) is 0 Å². The molecule has 1 N–H and O–H groups in total. The second kappa shape index (κ2) is 11.5. The molecule has 1 fully saturated rings. The molecule has 0 radical (unpaired) electrons. The van der Waals surface area contributed by atoms with Crippen molar-refractivity contribution in [2.75, 3.05) is 36.8 Å². The molecule has 3 aromatic rings. The van der Waals surface area contributed by atoms with Crippen molar-refractivity contribution in [3.05, 3.63) is 78.1 Å². The monoisotopic (exact) mass is 478 g/mol. The fraction of sp³-hybridized carbons (Fsp3) is 0.280. The fourth-order valence-corrected chi connectivity index (χ4v) is 4.45.